The topological polar surface area (TPSA) is 62.7 Å². The highest BCUT2D eigenvalue weighted by molar-refractivity contribution is 7.80. The number of hydrogen-bond donors (Lipinski definition) is 2. The van der Waals surface area contributed by atoms with Crippen LogP contribution in [0.5, 0.6) is 5.75 Å². The van der Waals surface area contributed by atoms with E-state index in [4.69, 9.17) is 40.2 Å². The second-order valence-corrected chi connectivity index (χ2v) is 8.15. The third kappa shape index (κ3) is 5.68. The molecule has 0 radical (unpaired) electrons. The number of ether oxygens (including phenoxy) is 1. The summed E-state index contributed by atoms with van der Waals surface area (Å²) < 4.78 is 5.68. The van der Waals surface area contributed by atoms with Crippen LogP contribution in [0.25, 0.3) is 10.8 Å². The molecule has 0 unspecified atom stereocenters. The number of anilines is 1. The Morgan fingerprint density at radius 1 is 0.939 bits per heavy atom. The molecule has 0 aliphatic carbocycles. The number of carbonyl (C=O) groups is 1. The van der Waals surface area contributed by atoms with E-state index < -0.39 is 5.97 Å². The summed E-state index contributed by atoms with van der Waals surface area (Å²) in [4.78, 5) is 12.7. The molecule has 4 rings (SSSR count). The third-order valence-corrected chi connectivity index (χ3v) is 5.43. The summed E-state index contributed by atoms with van der Waals surface area (Å²) in [5.41, 5.74) is 4.40. The largest absolute Gasteiger partial charge is 0.422 e. The number of thiocarbonyl (C=S) groups is 1. The van der Waals surface area contributed by atoms with Crippen LogP contribution >= 0.6 is 35.4 Å². The Hall–Kier alpha value is -3.45. The summed E-state index contributed by atoms with van der Waals surface area (Å²) in [5, 5.41) is 10.3. The van der Waals surface area contributed by atoms with E-state index in [1.807, 2.05) is 42.5 Å². The molecule has 2 N–H and O–H groups in total. The molecule has 0 atom stereocenters. The van der Waals surface area contributed by atoms with Gasteiger partial charge < -0.3 is 10.1 Å². The minimum Gasteiger partial charge on any atom is -0.422 e. The van der Waals surface area contributed by atoms with Crippen LogP contribution in [0.2, 0.25) is 10.0 Å². The van der Waals surface area contributed by atoms with Gasteiger partial charge in [0.2, 0.25) is 0 Å². The number of esters is 1. The van der Waals surface area contributed by atoms with E-state index in [0.29, 0.717) is 21.4 Å². The molecule has 0 aromatic heterocycles. The van der Waals surface area contributed by atoms with E-state index >= 15 is 0 Å². The maximum absolute atomic E-state index is 12.7. The lowest BCUT2D eigenvalue weighted by molar-refractivity contribution is 0.0735. The molecule has 0 bridgehead atoms. The number of rotatable bonds is 5. The molecule has 4 aromatic rings. The quantitative estimate of drug-likeness (QED) is 0.106. The van der Waals surface area contributed by atoms with Crippen molar-refractivity contribution in [3.63, 3.8) is 0 Å². The van der Waals surface area contributed by atoms with Gasteiger partial charge in [0.15, 0.2) is 5.11 Å². The molecule has 0 amide bonds. The van der Waals surface area contributed by atoms with Crippen LogP contribution in [0.1, 0.15) is 15.9 Å². The van der Waals surface area contributed by atoms with Gasteiger partial charge in [0.1, 0.15) is 5.75 Å². The van der Waals surface area contributed by atoms with Crippen molar-refractivity contribution in [1.82, 2.24) is 5.43 Å². The predicted octanol–water partition coefficient (Wildman–Crippen LogP) is 6.69. The second kappa shape index (κ2) is 10.4. The van der Waals surface area contributed by atoms with Gasteiger partial charge in [-0.15, -0.1) is 0 Å². The van der Waals surface area contributed by atoms with Crippen molar-refractivity contribution in [3.8, 4) is 5.75 Å². The number of nitrogens with zero attached hydrogens (tertiary/aromatic N) is 1. The molecule has 8 heteroatoms. The van der Waals surface area contributed by atoms with Crippen LogP contribution in [-0.4, -0.2) is 17.3 Å². The Kier molecular flexibility index (Phi) is 7.19. The molecular weight excluding hydrogens is 477 g/mol. The van der Waals surface area contributed by atoms with E-state index in [-0.39, 0.29) is 10.7 Å². The van der Waals surface area contributed by atoms with Gasteiger partial charge >= 0.3 is 5.97 Å². The van der Waals surface area contributed by atoms with Gasteiger partial charge in [0.25, 0.3) is 0 Å². The first kappa shape index (κ1) is 22.7. The number of nitrogens with one attached hydrogen (secondary N) is 2. The molecule has 4 aromatic carbocycles. The van der Waals surface area contributed by atoms with Crippen molar-refractivity contribution in [2.45, 2.75) is 0 Å². The molecule has 5 nitrogen and oxygen atoms in total. The summed E-state index contributed by atoms with van der Waals surface area (Å²) in [6, 6.07) is 25.2. The van der Waals surface area contributed by atoms with Crippen LogP contribution in [0, 0.1) is 0 Å². The first-order chi connectivity index (χ1) is 16.0. The Morgan fingerprint density at radius 2 is 1.73 bits per heavy atom. The van der Waals surface area contributed by atoms with Gasteiger partial charge in [-0.05, 0) is 59.4 Å². The average Bonchev–Trinajstić information content (AvgIpc) is 2.80. The summed E-state index contributed by atoms with van der Waals surface area (Å²) in [6.07, 6.45) is 1.56. The zero-order valence-corrected chi connectivity index (χ0v) is 19.4. The fourth-order valence-corrected chi connectivity index (χ4v) is 3.73. The highest BCUT2D eigenvalue weighted by Crippen LogP contribution is 2.28. The molecular formula is C25H17Cl2N3O2S. The predicted molar refractivity (Wildman–Crippen MR) is 139 cm³/mol. The normalized spacial score (nSPS) is 10.8. The van der Waals surface area contributed by atoms with Crippen LogP contribution < -0.4 is 15.5 Å². The Morgan fingerprint density at radius 3 is 2.55 bits per heavy atom. The zero-order valence-electron chi connectivity index (χ0n) is 17.1. The summed E-state index contributed by atoms with van der Waals surface area (Å²) >= 11 is 17.4. The van der Waals surface area contributed by atoms with Gasteiger partial charge in [-0.2, -0.15) is 5.10 Å². The summed E-state index contributed by atoms with van der Waals surface area (Å²) in [6.45, 7) is 0. The van der Waals surface area contributed by atoms with Crippen molar-refractivity contribution < 1.29 is 9.53 Å². The monoisotopic (exact) mass is 493 g/mol. The summed E-state index contributed by atoms with van der Waals surface area (Å²) in [5.74, 6) is -0.213. The smallest absolute Gasteiger partial charge is 0.345 e. The van der Waals surface area contributed by atoms with Crippen molar-refractivity contribution in [2.75, 3.05) is 5.32 Å². The van der Waals surface area contributed by atoms with Crippen molar-refractivity contribution in [2.24, 2.45) is 5.10 Å². The number of halogens is 2. The maximum atomic E-state index is 12.7. The van der Waals surface area contributed by atoms with Crippen LogP contribution in [-0.2, 0) is 0 Å². The number of carbonyl (C=O) groups excluding carboxylic acids is 1. The first-order valence-electron chi connectivity index (χ1n) is 9.85. The van der Waals surface area contributed by atoms with Gasteiger partial charge in [-0.1, -0.05) is 71.7 Å². The van der Waals surface area contributed by atoms with Crippen molar-refractivity contribution in [3.05, 3.63) is 106 Å². The number of hydrogen-bond acceptors (Lipinski definition) is 4. The number of hydrazone groups is 1. The van der Waals surface area contributed by atoms with Gasteiger partial charge in [0.05, 0.1) is 16.8 Å². The number of benzene rings is 4. The average molecular weight is 494 g/mol. The Labute approximate surface area is 206 Å². The Bertz CT molecular complexity index is 1370. The molecule has 0 heterocycles. The van der Waals surface area contributed by atoms with E-state index in [0.717, 1.165) is 16.5 Å². The van der Waals surface area contributed by atoms with E-state index in [9.17, 15) is 4.79 Å². The van der Waals surface area contributed by atoms with Gasteiger partial charge in [-0.25, -0.2) is 4.79 Å². The molecule has 0 saturated heterocycles. The zero-order chi connectivity index (χ0) is 23.2. The molecule has 164 valence electrons. The standard InChI is InChI=1S/C25H17Cl2N3O2S/c26-17-7-5-8-18(14-17)29-25(33)30-28-15-21-19-9-2-1-6-16(19)12-13-23(21)32-24(31)20-10-3-4-11-22(20)27/h1-15H,(H2,29,30,33)/b28-15-. The highest BCUT2D eigenvalue weighted by Gasteiger charge is 2.15. The Balaban J connectivity index is 1.58. The molecule has 33 heavy (non-hydrogen) atoms. The lowest BCUT2D eigenvalue weighted by Crippen LogP contribution is -2.23. The second-order valence-electron chi connectivity index (χ2n) is 6.90. The van der Waals surface area contributed by atoms with Crippen LogP contribution in [0.4, 0.5) is 5.69 Å². The van der Waals surface area contributed by atoms with Crippen molar-refractivity contribution >= 4 is 69.2 Å². The highest BCUT2D eigenvalue weighted by atomic mass is 35.5. The minimum atomic E-state index is -0.559. The van der Waals surface area contributed by atoms with Crippen molar-refractivity contribution in [1.29, 1.82) is 0 Å². The van der Waals surface area contributed by atoms with Crippen LogP contribution in [0.3, 0.4) is 0 Å². The molecule has 0 aliphatic heterocycles. The SMILES string of the molecule is O=C(Oc1ccc2ccccc2c1/C=N\NC(=S)Nc1cccc(Cl)c1)c1ccccc1Cl. The van der Waals surface area contributed by atoms with Crippen LogP contribution in [0.15, 0.2) is 90.0 Å². The lowest BCUT2D eigenvalue weighted by atomic mass is 10.0. The van der Waals surface area contributed by atoms with E-state index in [1.54, 1.807) is 48.7 Å². The lowest BCUT2D eigenvalue weighted by Gasteiger charge is -2.11. The van der Waals surface area contributed by atoms with E-state index in [1.165, 1.54) is 0 Å². The van der Waals surface area contributed by atoms with Gasteiger partial charge in [-0.3, -0.25) is 5.43 Å². The molecule has 0 aliphatic rings. The molecule has 0 spiro atoms. The fourth-order valence-electron chi connectivity index (χ4n) is 3.16. The molecule has 0 fully saturated rings. The molecule has 0 saturated carbocycles. The van der Waals surface area contributed by atoms with E-state index in [2.05, 4.69) is 15.8 Å². The minimum absolute atomic E-state index is 0.278. The number of fused-ring (bicyclic) bond motifs is 1. The fraction of sp³-hybridized carbons (Fsp3) is 0. The summed E-state index contributed by atoms with van der Waals surface area (Å²) in [7, 11) is 0. The van der Waals surface area contributed by atoms with Gasteiger partial charge in [0, 0.05) is 16.3 Å². The maximum Gasteiger partial charge on any atom is 0.345 e. The third-order valence-electron chi connectivity index (χ3n) is 4.67. The first-order valence-corrected chi connectivity index (χ1v) is 11.0.